The number of hydrogen-bond acceptors (Lipinski definition) is 4. The molecule has 0 saturated carbocycles. The molecule has 0 fully saturated rings. The average molecular weight is 506 g/mol. The zero-order valence-corrected chi connectivity index (χ0v) is 20.1. The molecule has 4 rings (SSSR count). The molecule has 1 aromatic heterocycles. The fourth-order valence-electron chi connectivity index (χ4n) is 3.32. The molecule has 0 N–H and O–H groups in total. The van der Waals surface area contributed by atoms with Crippen LogP contribution in [0, 0.1) is 0 Å². The van der Waals surface area contributed by atoms with Crippen molar-refractivity contribution in [2.75, 3.05) is 13.2 Å². The topological polar surface area (TPSA) is 45.5 Å². The van der Waals surface area contributed by atoms with E-state index in [0.717, 1.165) is 16.6 Å². The summed E-state index contributed by atoms with van der Waals surface area (Å²) < 4.78 is 19.7. The van der Waals surface area contributed by atoms with E-state index in [0.29, 0.717) is 42.0 Å². The first-order valence-corrected chi connectivity index (χ1v) is 11.6. The molecule has 5 nitrogen and oxygen atoms in total. The standard InChI is InChI=1S/C25H23Cl3N2O3/c26-21-11-12-22-24(23(21)27)29-25(28)30(22)17-33-20(15-31-13-18-7-3-1-4-8-18)16-32-14-19-9-5-2-6-10-19/h1-12,20H,13-17H2. The summed E-state index contributed by atoms with van der Waals surface area (Å²) in [4.78, 5) is 4.32. The van der Waals surface area contributed by atoms with Gasteiger partial charge in [0.05, 0.1) is 42.0 Å². The zero-order chi connectivity index (χ0) is 23.0. The summed E-state index contributed by atoms with van der Waals surface area (Å²) in [7, 11) is 0. The third-order valence-electron chi connectivity index (χ3n) is 5.04. The Morgan fingerprint density at radius 1 is 0.758 bits per heavy atom. The fourth-order valence-corrected chi connectivity index (χ4v) is 3.90. The van der Waals surface area contributed by atoms with Gasteiger partial charge in [-0.25, -0.2) is 4.98 Å². The lowest BCUT2D eigenvalue weighted by atomic mass is 10.2. The molecule has 0 bridgehead atoms. The Morgan fingerprint density at radius 2 is 1.33 bits per heavy atom. The summed E-state index contributed by atoms with van der Waals surface area (Å²) in [6.45, 7) is 1.87. The first-order valence-electron chi connectivity index (χ1n) is 10.5. The number of rotatable bonds is 11. The van der Waals surface area contributed by atoms with Crippen LogP contribution < -0.4 is 0 Å². The smallest absolute Gasteiger partial charge is 0.205 e. The maximum atomic E-state index is 6.35. The van der Waals surface area contributed by atoms with Crippen LogP contribution >= 0.6 is 34.8 Å². The van der Waals surface area contributed by atoms with E-state index < -0.39 is 0 Å². The van der Waals surface area contributed by atoms with Gasteiger partial charge in [0.25, 0.3) is 0 Å². The quantitative estimate of drug-likeness (QED) is 0.226. The maximum absolute atomic E-state index is 6.35. The molecule has 3 aromatic carbocycles. The highest BCUT2D eigenvalue weighted by atomic mass is 35.5. The van der Waals surface area contributed by atoms with Crippen molar-refractivity contribution in [3.63, 3.8) is 0 Å². The molecule has 0 atom stereocenters. The largest absolute Gasteiger partial charge is 0.374 e. The molecular formula is C25H23Cl3N2O3. The number of hydrogen-bond donors (Lipinski definition) is 0. The van der Waals surface area contributed by atoms with Crippen LogP contribution in [0.25, 0.3) is 11.0 Å². The lowest BCUT2D eigenvalue weighted by Gasteiger charge is -2.19. The van der Waals surface area contributed by atoms with Gasteiger partial charge in [-0.1, -0.05) is 83.9 Å². The van der Waals surface area contributed by atoms with E-state index in [1.165, 1.54) is 0 Å². The number of ether oxygens (including phenoxy) is 3. The van der Waals surface area contributed by atoms with E-state index in [-0.39, 0.29) is 18.1 Å². The average Bonchev–Trinajstić information content (AvgIpc) is 3.16. The molecule has 4 aromatic rings. The van der Waals surface area contributed by atoms with Crippen molar-refractivity contribution in [2.45, 2.75) is 26.0 Å². The predicted molar refractivity (Wildman–Crippen MR) is 132 cm³/mol. The number of benzene rings is 3. The molecule has 0 aliphatic heterocycles. The molecule has 0 unspecified atom stereocenters. The zero-order valence-electron chi connectivity index (χ0n) is 17.8. The van der Waals surface area contributed by atoms with Crippen molar-refractivity contribution < 1.29 is 14.2 Å². The van der Waals surface area contributed by atoms with Crippen LogP contribution in [0.2, 0.25) is 15.3 Å². The highest BCUT2D eigenvalue weighted by molar-refractivity contribution is 6.45. The van der Waals surface area contributed by atoms with Crippen molar-refractivity contribution in [1.82, 2.24) is 9.55 Å². The second kappa shape index (κ2) is 11.8. The van der Waals surface area contributed by atoms with E-state index in [9.17, 15) is 0 Å². The summed E-state index contributed by atoms with van der Waals surface area (Å²) in [5.41, 5.74) is 3.46. The molecule has 172 valence electrons. The number of aromatic nitrogens is 2. The van der Waals surface area contributed by atoms with E-state index in [1.54, 1.807) is 10.6 Å². The lowest BCUT2D eigenvalue weighted by Crippen LogP contribution is -2.27. The Labute approximate surface area is 207 Å². The molecule has 0 saturated heterocycles. The highest BCUT2D eigenvalue weighted by Crippen LogP contribution is 2.32. The normalized spacial score (nSPS) is 11.5. The summed E-state index contributed by atoms with van der Waals surface area (Å²) in [5, 5.41) is 1.06. The minimum Gasteiger partial charge on any atom is -0.374 e. The Balaban J connectivity index is 1.40. The fraction of sp³-hybridized carbons (Fsp3) is 0.240. The molecule has 33 heavy (non-hydrogen) atoms. The lowest BCUT2D eigenvalue weighted by molar-refractivity contribution is -0.0865. The van der Waals surface area contributed by atoms with E-state index in [1.807, 2.05) is 66.7 Å². The van der Waals surface area contributed by atoms with Gasteiger partial charge in [-0.2, -0.15) is 0 Å². The van der Waals surface area contributed by atoms with Gasteiger partial charge in [0.1, 0.15) is 18.4 Å². The SMILES string of the molecule is Clc1ccc2c(nc(Cl)n2COC(COCc2ccccc2)COCc2ccccc2)c1Cl. The van der Waals surface area contributed by atoms with Crippen LogP contribution in [0.15, 0.2) is 72.8 Å². The number of nitrogens with zero attached hydrogens (tertiary/aromatic N) is 2. The minimum absolute atomic E-state index is 0.168. The van der Waals surface area contributed by atoms with Crippen LogP contribution in [0.3, 0.4) is 0 Å². The van der Waals surface area contributed by atoms with Crippen LogP contribution in [-0.2, 0) is 34.2 Å². The van der Waals surface area contributed by atoms with Crippen LogP contribution in [0.5, 0.6) is 0 Å². The van der Waals surface area contributed by atoms with Crippen LogP contribution in [0.1, 0.15) is 11.1 Å². The molecular weight excluding hydrogens is 483 g/mol. The summed E-state index contributed by atoms with van der Waals surface area (Å²) in [5.74, 6) is 0. The number of halogens is 3. The first kappa shape index (κ1) is 24.0. The highest BCUT2D eigenvalue weighted by Gasteiger charge is 2.17. The first-order chi connectivity index (χ1) is 16.1. The minimum atomic E-state index is -0.311. The van der Waals surface area contributed by atoms with Gasteiger partial charge in [0, 0.05) is 0 Å². The molecule has 0 spiro atoms. The van der Waals surface area contributed by atoms with Gasteiger partial charge < -0.3 is 14.2 Å². The third kappa shape index (κ3) is 6.48. The van der Waals surface area contributed by atoms with E-state index in [2.05, 4.69) is 4.98 Å². The number of imidazole rings is 1. The van der Waals surface area contributed by atoms with Crippen LogP contribution in [0.4, 0.5) is 0 Å². The van der Waals surface area contributed by atoms with Gasteiger partial charge in [-0.05, 0) is 34.9 Å². The second-order valence-corrected chi connectivity index (χ2v) is 8.58. The van der Waals surface area contributed by atoms with Gasteiger partial charge >= 0.3 is 0 Å². The number of fused-ring (bicyclic) bond motifs is 1. The van der Waals surface area contributed by atoms with Gasteiger partial charge in [0.2, 0.25) is 5.28 Å². The summed E-state index contributed by atoms with van der Waals surface area (Å²) in [6.07, 6.45) is -0.311. The Hall–Kier alpha value is -2.12. The van der Waals surface area contributed by atoms with Crippen molar-refractivity contribution >= 4 is 45.8 Å². The van der Waals surface area contributed by atoms with Crippen molar-refractivity contribution in [3.8, 4) is 0 Å². The van der Waals surface area contributed by atoms with E-state index >= 15 is 0 Å². The molecule has 8 heteroatoms. The van der Waals surface area contributed by atoms with Crippen LogP contribution in [-0.4, -0.2) is 28.9 Å². The van der Waals surface area contributed by atoms with Gasteiger partial charge in [-0.15, -0.1) is 0 Å². The molecule has 0 radical (unpaired) electrons. The van der Waals surface area contributed by atoms with Gasteiger partial charge in [0.15, 0.2) is 0 Å². The maximum Gasteiger partial charge on any atom is 0.205 e. The predicted octanol–water partition coefficient (Wildman–Crippen LogP) is 6.77. The van der Waals surface area contributed by atoms with Crippen molar-refractivity contribution in [1.29, 1.82) is 0 Å². The second-order valence-electron chi connectivity index (χ2n) is 7.46. The van der Waals surface area contributed by atoms with Crippen molar-refractivity contribution in [2.24, 2.45) is 0 Å². The van der Waals surface area contributed by atoms with Gasteiger partial charge in [-0.3, -0.25) is 4.57 Å². The molecule has 0 aliphatic carbocycles. The Morgan fingerprint density at radius 3 is 1.91 bits per heavy atom. The van der Waals surface area contributed by atoms with Crippen molar-refractivity contribution in [3.05, 3.63) is 99.3 Å². The Kier molecular flexibility index (Phi) is 8.62. The van der Waals surface area contributed by atoms with E-state index in [4.69, 9.17) is 49.0 Å². The molecule has 0 amide bonds. The monoisotopic (exact) mass is 504 g/mol. The molecule has 1 heterocycles. The Bertz CT molecular complexity index is 1120. The molecule has 0 aliphatic rings. The summed E-state index contributed by atoms with van der Waals surface area (Å²) >= 11 is 18.7. The third-order valence-corrected chi connectivity index (χ3v) is 6.12. The summed E-state index contributed by atoms with van der Waals surface area (Å²) in [6, 6.07) is 23.5.